The molecule has 2 heterocycles. The first-order valence-corrected chi connectivity index (χ1v) is 6.75. The Morgan fingerprint density at radius 3 is 2.80 bits per heavy atom. The Morgan fingerprint density at radius 1 is 1.25 bits per heavy atom. The SMILES string of the molecule is O=C(O)c1cc(Cl)nc(Sc2nc3ccccc3o2)c1. The molecule has 0 radical (unpaired) electrons. The van der Waals surface area contributed by atoms with Crippen molar-refractivity contribution >= 4 is 40.4 Å². The van der Waals surface area contributed by atoms with Crippen molar-refractivity contribution < 1.29 is 14.3 Å². The van der Waals surface area contributed by atoms with Gasteiger partial charge in [0.05, 0.1) is 5.56 Å². The van der Waals surface area contributed by atoms with Gasteiger partial charge in [0.2, 0.25) is 0 Å². The Bertz CT molecular complexity index is 770. The van der Waals surface area contributed by atoms with Crippen LogP contribution in [-0.4, -0.2) is 21.0 Å². The van der Waals surface area contributed by atoms with Crippen molar-refractivity contribution in [3.8, 4) is 0 Å². The molecule has 2 aromatic heterocycles. The number of aromatic nitrogens is 2. The zero-order valence-corrected chi connectivity index (χ0v) is 11.5. The summed E-state index contributed by atoms with van der Waals surface area (Å²) in [4.78, 5) is 19.3. The van der Waals surface area contributed by atoms with Crippen molar-refractivity contribution in [3.05, 3.63) is 47.1 Å². The zero-order valence-electron chi connectivity index (χ0n) is 9.91. The molecule has 1 N–H and O–H groups in total. The molecule has 5 nitrogen and oxygen atoms in total. The van der Waals surface area contributed by atoms with Crippen molar-refractivity contribution in [2.45, 2.75) is 10.2 Å². The third-order valence-corrected chi connectivity index (χ3v) is 3.44. The number of carboxylic acid groups (broad SMARTS) is 1. The van der Waals surface area contributed by atoms with Crippen LogP contribution < -0.4 is 0 Å². The first kappa shape index (κ1) is 13.0. The van der Waals surface area contributed by atoms with Gasteiger partial charge >= 0.3 is 5.97 Å². The van der Waals surface area contributed by atoms with E-state index in [1.54, 1.807) is 6.07 Å². The highest BCUT2D eigenvalue weighted by molar-refractivity contribution is 7.99. The Labute approximate surface area is 122 Å². The standard InChI is InChI=1S/C13H7ClN2O3S/c14-10-5-7(12(17)18)6-11(16-10)20-13-15-8-3-1-2-4-9(8)19-13/h1-6H,(H,17,18). The van der Waals surface area contributed by atoms with Crippen molar-refractivity contribution in [1.82, 2.24) is 9.97 Å². The highest BCUT2D eigenvalue weighted by Crippen LogP contribution is 2.30. The second kappa shape index (κ2) is 5.15. The molecule has 0 aliphatic carbocycles. The number of hydrogen-bond acceptors (Lipinski definition) is 5. The Balaban J connectivity index is 1.96. The molecule has 0 atom stereocenters. The van der Waals surface area contributed by atoms with E-state index in [1.165, 1.54) is 12.1 Å². The topological polar surface area (TPSA) is 76.2 Å². The van der Waals surface area contributed by atoms with Crippen molar-refractivity contribution in [2.75, 3.05) is 0 Å². The fourth-order valence-electron chi connectivity index (χ4n) is 1.63. The average molecular weight is 307 g/mol. The Kier molecular flexibility index (Phi) is 3.33. The third kappa shape index (κ3) is 2.61. The maximum Gasteiger partial charge on any atom is 0.335 e. The number of benzene rings is 1. The van der Waals surface area contributed by atoms with E-state index in [2.05, 4.69) is 9.97 Å². The van der Waals surface area contributed by atoms with E-state index >= 15 is 0 Å². The number of nitrogens with zero attached hydrogens (tertiary/aromatic N) is 2. The minimum absolute atomic E-state index is 0.0728. The predicted octanol–water partition coefficient (Wildman–Crippen LogP) is 3.73. The van der Waals surface area contributed by atoms with Crippen LogP contribution in [0.3, 0.4) is 0 Å². The summed E-state index contributed by atoms with van der Waals surface area (Å²) in [5, 5.41) is 9.90. The summed E-state index contributed by atoms with van der Waals surface area (Å²) < 4.78 is 5.53. The number of para-hydroxylation sites is 2. The first-order chi connectivity index (χ1) is 9.61. The van der Waals surface area contributed by atoms with Gasteiger partial charge in [-0.1, -0.05) is 23.7 Å². The molecule has 0 spiro atoms. The van der Waals surface area contributed by atoms with Crippen molar-refractivity contribution in [2.24, 2.45) is 0 Å². The molecule has 0 fully saturated rings. The van der Waals surface area contributed by atoms with E-state index in [4.69, 9.17) is 21.1 Å². The predicted molar refractivity (Wildman–Crippen MR) is 74.3 cm³/mol. The van der Waals surface area contributed by atoms with Gasteiger partial charge in [0.25, 0.3) is 5.22 Å². The molecule has 1 aromatic carbocycles. The number of aromatic carboxylic acids is 1. The van der Waals surface area contributed by atoms with E-state index in [1.807, 2.05) is 18.2 Å². The summed E-state index contributed by atoms with van der Waals surface area (Å²) in [7, 11) is 0. The molecule has 0 unspecified atom stereocenters. The average Bonchev–Trinajstić information content (AvgIpc) is 2.79. The molecular weight excluding hydrogens is 300 g/mol. The lowest BCUT2D eigenvalue weighted by Gasteiger charge is -2.00. The number of carboxylic acids is 1. The van der Waals surface area contributed by atoms with Crippen LogP contribution in [0.4, 0.5) is 0 Å². The molecule has 0 saturated carbocycles. The van der Waals surface area contributed by atoms with E-state index in [0.717, 1.165) is 17.3 Å². The molecular formula is C13H7ClN2O3S. The van der Waals surface area contributed by atoms with Gasteiger partial charge in [-0.05, 0) is 36.0 Å². The molecule has 20 heavy (non-hydrogen) atoms. The maximum absolute atomic E-state index is 11.0. The van der Waals surface area contributed by atoms with Gasteiger partial charge in [-0.25, -0.2) is 14.8 Å². The van der Waals surface area contributed by atoms with Crippen LogP contribution in [-0.2, 0) is 0 Å². The van der Waals surface area contributed by atoms with E-state index < -0.39 is 5.97 Å². The highest BCUT2D eigenvalue weighted by Gasteiger charge is 2.12. The van der Waals surface area contributed by atoms with Gasteiger partial charge in [-0.15, -0.1) is 0 Å². The molecule has 3 aromatic rings. The third-order valence-electron chi connectivity index (χ3n) is 2.48. The molecule has 7 heteroatoms. The summed E-state index contributed by atoms with van der Waals surface area (Å²) in [6.45, 7) is 0. The Morgan fingerprint density at radius 2 is 2.05 bits per heavy atom. The minimum atomic E-state index is -1.06. The highest BCUT2D eigenvalue weighted by atomic mass is 35.5. The Hall–Kier alpha value is -2.05. The summed E-state index contributed by atoms with van der Waals surface area (Å²) in [5.41, 5.74) is 1.47. The summed E-state index contributed by atoms with van der Waals surface area (Å²) in [6.07, 6.45) is 0. The van der Waals surface area contributed by atoms with Gasteiger partial charge < -0.3 is 9.52 Å². The quantitative estimate of drug-likeness (QED) is 0.743. The number of fused-ring (bicyclic) bond motifs is 1. The number of carbonyl (C=O) groups is 1. The van der Waals surface area contributed by atoms with Gasteiger partial charge in [0, 0.05) is 0 Å². The molecule has 100 valence electrons. The largest absolute Gasteiger partial charge is 0.478 e. The van der Waals surface area contributed by atoms with Crippen LogP contribution in [0.1, 0.15) is 10.4 Å². The monoisotopic (exact) mass is 306 g/mol. The summed E-state index contributed by atoms with van der Waals surface area (Å²) >= 11 is 6.92. The summed E-state index contributed by atoms with van der Waals surface area (Å²) in [5.74, 6) is -1.06. The van der Waals surface area contributed by atoms with E-state index in [9.17, 15) is 4.79 Å². The molecule has 0 amide bonds. The molecule has 0 saturated heterocycles. The number of pyridine rings is 1. The van der Waals surface area contributed by atoms with E-state index in [0.29, 0.717) is 15.8 Å². The van der Waals surface area contributed by atoms with Crippen molar-refractivity contribution in [1.29, 1.82) is 0 Å². The lowest BCUT2D eigenvalue weighted by Crippen LogP contribution is -1.97. The van der Waals surface area contributed by atoms with Crippen molar-refractivity contribution in [3.63, 3.8) is 0 Å². The van der Waals surface area contributed by atoms with Crippen LogP contribution in [0, 0.1) is 0 Å². The maximum atomic E-state index is 11.0. The van der Waals surface area contributed by atoms with Crippen LogP contribution in [0.15, 0.2) is 51.1 Å². The van der Waals surface area contributed by atoms with Gasteiger partial charge in [0.1, 0.15) is 15.7 Å². The number of rotatable bonds is 3. The lowest BCUT2D eigenvalue weighted by molar-refractivity contribution is 0.0696. The zero-order chi connectivity index (χ0) is 14.1. The van der Waals surface area contributed by atoms with Crippen LogP contribution >= 0.6 is 23.4 Å². The van der Waals surface area contributed by atoms with Gasteiger partial charge in [-0.3, -0.25) is 0 Å². The molecule has 0 bridgehead atoms. The molecule has 3 rings (SSSR count). The van der Waals surface area contributed by atoms with Crippen LogP contribution in [0.2, 0.25) is 5.15 Å². The second-order valence-electron chi connectivity index (χ2n) is 3.87. The number of oxazole rings is 1. The smallest absolute Gasteiger partial charge is 0.335 e. The van der Waals surface area contributed by atoms with E-state index in [-0.39, 0.29) is 10.7 Å². The minimum Gasteiger partial charge on any atom is -0.478 e. The fraction of sp³-hybridized carbons (Fsp3) is 0. The molecule has 0 aliphatic heterocycles. The molecule has 0 aliphatic rings. The fourth-order valence-corrected chi connectivity index (χ4v) is 2.68. The van der Waals surface area contributed by atoms with Crippen LogP contribution in [0.25, 0.3) is 11.1 Å². The van der Waals surface area contributed by atoms with Gasteiger partial charge in [0.15, 0.2) is 5.58 Å². The second-order valence-corrected chi connectivity index (χ2v) is 5.23. The first-order valence-electron chi connectivity index (χ1n) is 5.56. The summed E-state index contributed by atoms with van der Waals surface area (Å²) in [6, 6.07) is 10.1. The van der Waals surface area contributed by atoms with Crippen LogP contribution in [0.5, 0.6) is 0 Å². The normalized spacial score (nSPS) is 10.8. The number of hydrogen-bond donors (Lipinski definition) is 1. The lowest BCUT2D eigenvalue weighted by atomic mass is 10.3. The van der Waals surface area contributed by atoms with Gasteiger partial charge in [-0.2, -0.15) is 0 Å². The number of halogens is 1.